The van der Waals surface area contributed by atoms with Gasteiger partial charge < -0.3 is 4.74 Å². The van der Waals surface area contributed by atoms with E-state index in [9.17, 15) is 0 Å². The fourth-order valence-electron chi connectivity index (χ4n) is 1.70. The predicted octanol–water partition coefficient (Wildman–Crippen LogP) is 1.43. The summed E-state index contributed by atoms with van der Waals surface area (Å²) in [7, 11) is 0. The van der Waals surface area contributed by atoms with E-state index in [2.05, 4.69) is 17.0 Å². The maximum Gasteiger partial charge on any atom is 0.212 e. The van der Waals surface area contributed by atoms with Gasteiger partial charge in [-0.25, -0.2) is 9.50 Å². The molecule has 0 N–H and O–H groups in total. The van der Waals surface area contributed by atoms with Crippen molar-refractivity contribution < 1.29 is 4.74 Å². The Morgan fingerprint density at radius 1 is 1.57 bits per heavy atom. The lowest BCUT2D eigenvalue weighted by Crippen LogP contribution is -2.11. The second kappa shape index (κ2) is 3.03. The third-order valence-electron chi connectivity index (χ3n) is 2.45. The molecule has 3 heterocycles. The highest BCUT2D eigenvalue weighted by atomic mass is 32.1. The lowest BCUT2D eigenvalue weighted by molar-refractivity contribution is 0.105. The summed E-state index contributed by atoms with van der Waals surface area (Å²) in [6.45, 7) is 3.56. The minimum absolute atomic E-state index is 0.656. The number of rotatable bonds is 1. The van der Waals surface area contributed by atoms with E-state index in [1.54, 1.807) is 11.3 Å². The number of hydrogen-bond donors (Lipinski definition) is 0. The molecule has 5 heteroatoms. The summed E-state index contributed by atoms with van der Waals surface area (Å²) in [6.07, 6.45) is 1.90. The van der Waals surface area contributed by atoms with Gasteiger partial charge in [-0.2, -0.15) is 5.10 Å². The van der Waals surface area contributed by atoms with Crippen LogP contribution >= 0.6 is 11.3 Å². The molecule has 0 aliphatic carbocycles. The number of ether oxygens (including phenoxy) is 1. The number of nitrogens with zero attached hydrogens (tertiary/aromatic N) is 3. The third-order valence-corrected chi connectivity index (χ3v) is 3.50. The van der Waals surface area contributed by atoms with Gasteiger partial charge in [0.25, 0.3) is 0 Å². The van der Waals surface area contributed by atoms with Crippen LogP contribution in [0.4, 0.5) is 0 Å². The Labute approximate surface area is 85.5 Å². The first-order valence-corrected chi connectivity index (χ1v) is 5.64. The summed E-state index contributed by atoms with van der Waals surface area (Å²) in [6, 6.07) is 0. The van der Waals surface area contributed by atoms with E-state index in [-0.39, 0.29) is 0 Å². The van der Waals surface area contributed by atoms with Crippen LogP contribution in [0.3, 0.4) is 0 Å². The number of hydrogen-bond acceptors (Lipinski definition) is 4. The molecule has 2 aromatic heterocycles. The van der Waals surface area contributed by atoms with Crippen molar-refractivity contribution in [1.29, 1.82) is 0 Å². The molecule has 74 valence electrons. The largest absolute Gasteiger partial charge is 0.375 e. The fourth-order valence-corrected chi connectivity index (χ4v) is 2.57. The average Bonchev–Trinajstić information content (AvgIpc) is 2.73. The zero-order valence-electron chi connectivity index (χ0n) is 7.99. The number of fused-ring (bicyclic) bond motifs is 3. The van der Waals surface area contributed by atoms with Gasteiger partial charge in [-0.15, -0.1) is 0 Å². The van der Waals surface area contributed by atoms with Gasteiger partial charge in [-0.05, 0) is 6.42 Å². The molecule has 0 aromatic carbocycles. The third kappa shape index (κ3) is 1.09. The quantitative estimate of drug-likeness (QED) is 0.713. The summed E-state index contributed by atoms with van der Waals surface area (Å²) in [4.78, 5) is 5.57. The standard InChI is InChI=1S/C9H11N3OS/c1-2-8-11-12-7-5-13-4-3-6(7)10-9(12)14-8/h2-5H2,1H3. The molecular weight excluding hydrogens is 198 g/mol. The van der Waals surface area contributed by atoms with Crippen molar-refractivity contribution in [2.45, 2.75) is 26.4 Å². The molecule has 0 amide bonds. The minimum atomic E-state index is 0.656. The van der Waals surface area contributed by atoms with Gasteiger partial charge >= 0.3 is 0 Å². The van der Waals surface area contributed by atoms with Crippen LogP contribution in [0, 0.1) is 0 Å². The van der Waals surface area contributed by atoms with Crippen molar-refractivity contribution >= 4 is 16.3 Å². The maximum absolute atomic E-state index is 5.41. The first-order chi connectivity index (χ1) is 6.88. The maximum atomic E-state index is 5.41. The van der Waals surface area contributed by atoms with E-state index < -0.39 is 0 Å². The van der Waals surface area contributed by atoms with Crippen molar-refractivity contribution in [2.24, 2.45) is 0 Å². The molecule has 0 bridgehead atoms. The van der Waals surface area contributed by atoms with E-state index >= 15 is 0 Å². The van der Waals surface area contributed by atoms with Crippen molar-refractivity contribution in [3.8, 4) is 0 Å². The Morgan fingerprint density at radius 3 is 3.36 bits per heavy atom. The topological polar surface area (TPSA) is 39.4 Å². The van der Waals surface area contributed by atoms with Gasteiger partial charge in [-0.1, -0.05) is 18.3 Å². The monoisotopic (exact) mass is 209 g/mol. The molecule has 2 aromatic rings. The first kappa shape index (κ1) is 8.38. The molecule has 4 nitrogen and oxygen atoms in total. The molecular formula is C9H11N3OS. The van der Waals surface area contributed by atoms with E-state index in [1.165, 1.54) is 0 Å². The Bertz CT molecular complexity index is 474. The highest BCUT2D eigenvalue weighted by Gasteiger charge is 2.18. The van der Waals surface area contributed by atoms with Gasteiger partial charge in [0.15, 0.2) is 0 Å². The van der Waals surface area contributed by atoms with Crippen molar-refractivity contribution in [2.75, 3.05) is 6.61 Å². The molecule has 0 saturated heterocycles. The molecule has 14 heavy (non-hydrogen) atoms. The fraction of sp³-hybridized carbons (Fsp3) is 0.556. The average molecular weight is 209 g/mol. The normalized spacial score (nSPS) is 16.1. The molecule has 3 rings (SSSR count). The van der Waals surface area contributed by atoms with Gasteiger partial charge in [-0.3, -0.25) is 0 Å². The van der Waals surface area contributed by atoms with Gasteiger partial charge in [0.1, 0.15) is 5.01 Å². The van der Waals surface area contributed by atoms with E-state index in [4.69, 9.17) is 4.74 Å². The molecule has 0 unspecified atom stereocenters. The van der Waals surface area contributed by atoms with Crippen LogP contribution in [0.5, 0.6) is 0 Å². The molecule has 0 atom stereocenters. The van der Waals surface area contributed by atoms with Gasteiger partial charge in [0, 0.05) is 6.42 Å². The molecule has 1 aliphatic rings. The molecule has 0 saturated carbocycles. The Hall–Kier alpha value is -0.940. The van der Waals surface area contributed by atoms with Crippen LogP contribution in [-0.2, 0) is 24.2 Å². The smallest absolute Gasteiger partial charge is 0.212 e. The number of aromatic nitrogens is 3. The summed E-state index contributed by atoms with van der Waals surface area (Å²) < 4.78 is 7.35. The van der Waals surface area contributed by atoms with Crippen molar-refractivity contribution in [3.63, 3.8) is 0 Å². The van der Waals surface area contributed by atoms with Crippen LogP contribution in [-0.4, -0.2) is 21.2 Å². The minimum Gasteiger partial charge on any atom is -0.375 e. The zero-order valence-corrected chi connectivity index (χ0v) is 8.80. The van der Waals surface area contributed by atoms with Crippen LogP contribution in [0.15, 0.2) is 0 Å². The van der Waals surface area contributed by atoms with E-state index in [1.807, 2.05) is 4.52 Å². The van der Waals surface area contributed by atoms with Crippen LogP contribution in [0.2, 0.25) is 0 Å². The van der Waals surface area contributed by atoms with Crippen molar-refractivity contribution in [1.82, 2.24) is 14.6 Å². The zero-order chi connectivity index (χ0) is 9.54. The van der Waals surface area contributed by atoms with E-state index in [0.717, 1.165) is 40.8 Å². The van der Waals surface area contributed by atoms with Crippen molar-refractivity contribution in [3.05, 3.63) is 16.4 Å². The summed E-state index contributed by atoms with van der Waals surface area (Å²) in [5.41, 5.74) is 2.31. The second-order valence-electron chi connectivity index (χ2n) is 3.35. The van der Waals surface area contributed by atoms with Crippen LogP contribution < -0.4 is 0 Å². The SMILES string of the molecule is CCc1nn2c3c(nc2s1)CCOC3. The highest BCUT2D eigenvalue weighted by Crippen LogP contribution is 2.22. The molecule has 1 aliphatic heterocycles. The summed E-state index contributed by atoms with van der Waals surface area (Å²) in [5.74, 6) is 0. The first-order valence-electron chi connectivity index (χ1n) is 4.82. The Kier molecular flexibility index (Phi) is 1.81. The van der Waals surface area contributed by atoms with Crippen LogP contribution in [0.25, 0.3) is 4.96 Å². The number of aryl methyl sites for hydroxylation is 1. The summed E-state index contributed by atoms with van der Waals surface area (Å²) in [5, 5.41) is 5.64. The van der Waals surface area contributed by atoms with Crippen LogP contribution in [0.1, 0.15) is 23.3 Å². The Balaban J connectivity index is 2.21. The predicted molar refractivity (Wildman–Crippen MR) is 53.6 cm³/mol. The van der Waals surface area contributed by atoms with Gasteiger partial charge in [0.05, 0.1) is 24.6 Å². The molecule has 0 radical (unpaired) electrons. The molecule has 0 spiro atoms. The summed E-state index contributed by atoms with van der Waals surface area (Å²) >= 11 is 1.68. The highest BCUT2D eigenvalue weighted by molar-refractivity contribution is 7.16. The van der Waals surface area contributed by atoms with E-state index in [0.29, 0.717) is 6.61 Å². The number of imidazole rings is 1. The Morgan fingerprint density at radius 2 is 2.50 bits per heavy atom. The lowest BCUT2D eigenvalue weighted by atomic mass is 10.2. The lowest BCUT2D eigenvalue weighted by Gasteiger charge is -2.09. The van der Waals surface area contributed by atoms with Gasteiger partial charge in [0.2, 0.25) is 4.96 Å². The molecule has 0 fully saturated rings. The second-order valence-corrected chi connectivity index (χ2v) is 4.39.